The van der Waals surface area contributed by atoms with Gasteiger partial charge in [-0.15, -0.1) is 12.3 Å². The fraction of sp³-hybridized carbons (Fsp3) is 0.385. The van der Waals surface area contributed by atoms with Crippen LogP contribution in [-0.4, -0.2) is 6.54 Å². The third-order valence-corrected chi connectivity index (χ3v) is 2.71. The van der Waals surface area contributed by atoms with Crippen LogP contribution in [-0.2, 0) is 0 Å². The first-order valence-corrected chi connectivity index (χ1v) is 5.99. The molecule has 1 rings (SSSR count). The van der Waals surface area contributed by atoms with Crippen molar-refractivity contribution in [3.05, 3.63) is 34.3 Å². The van der Waals surface area contributed by atoms with E-state index in [0.717, 1.165) is 23.9 Å². The minimum Gasteiger partial charge on any atom is -0.309 e. The lowest BCUT2D eigenvalue weighted by Gasteiger charge is -2.16. The molecule has 0 aliphatic heterocycles. The Kier molecular flexibility index (Phi) is 5.45. The van der Waals surface area contributed by atoms with Gasteiger partial charge in [-0.25, -0.2) is 0 Å². The molecule has 1 nitrogen and oxygen atoms in total. The zero-order valence-electron chi connectivity index (χ0n) is 8.96. The van der Waals surface area contributed by atoms with E-state index in [1.807, 2.05) is 12.1 Å². The highest BCUT2D eigenvalue weighted by Gasteiger charge is 2.08. The Morgan fingerprint density at radius 2 is 2.33 bits per heavy atom. The van der Waals surface area contributed by atoms with E-state index in [0.29, 0.717) is 0 Å². The molecule has 0 spiro atoms. The summed E-state index contributed by atoms with van der Waals surface area (Å²) in [6.45, 7) is 3.15. The molecule has 1 N–H and O–H groups in total. The van der Waals surface area contributed by atoms with Crippen LogP contribution in [0, 0.1) is 12.3 Å². The molecule has 0 saturated heterocycles. The lowest BCUT2D eigenvalue weighted by molar-refractivity contribution is 0.542. The quantitative estimate of drug-likeness (QED) is 0.804. The molecule has 0 aliphatic rings. The number of nitrogens with one attached hydrogen (secondary N) is 1. The van der Waals surface area contributed by atoms with Crippen LogP contribution in [0.2, 0.25) is 0 Å². The highest BCUT2D eigenvalue weighted by molar-refractivity contribution is 9.10. The Bertz CT molecular complexity index is 341. The van der Waals surface area contributed by atoms with Gasteiger partial charge in [0.15, 0.2) is 0 Å². The monoisotopic (exact) mass is 265 g/mol. The van der Waals surface area contributed by atoms with Crippen molar-refractivity contribution < 1.29 is 0 Å². The first-order valence-electron chi connectivity index (χ1n) is 5.20. The molecule has 15 heavy (non-hydrogen) atoms. The summed E-state index contributed by atoms with van der Waals surface area (Å²) in [7, 11) is 0. The minimum absolute atomic E-state index is 0.271. The number of halogens is 1. The molecule has 0 saturated carbocycles. The van der Waals surface area contributed by atoms with Crippen LogP contribution >= 0.6 is 15.9 Å². The van der Waals surface area contributed by atoms with Crippen molar-refractivity contribution in [3.8, 4) is 12.3 Å². The van der Waals surface area contributed by atoms with Crippen LogP contribution in [0.15, 0.2) is 28.7 Å². The zero-order chi connectivity index (χ0) is 11.1. The third-order valence-electron chi connectivity index (χ3n) is 2.21. The predicted molar refractivity (Wildman–Crippen MR) is 68.6 cm³/mol. The summed E-state index contributed by atoms with van der Waals surface area (Å²) >= 11 is 3.47. The molecule has 0 bridgehead atoms. The first kappa shape index (κ1) is 12.3. The fourth-order valence-electron chi connectivity index (χ4n) is 1.47. The lowest BCUT2D eigenvalue weighted by Crippen LogP contribution is -2.21. The van der Waals surface area contributed by atoms with Crippen molar-refractivity contribution in [2.45, 2.75) is 25.8 Å². The van der Waals surface area contributed by atoms with Crippen LogP contribution < -0.4 is 5.32 Å². The van der Waals surface area contributed by atoms with Gasteiger partial charge in [-0.05, 0) is 30.7 Å². The standard InChI is InChI=1S/C13H16BrN/c1-3-6-13(15-9-4-2)11-7-5-8-12(14)10-11/h1,5,7-8,10,13,15H,4,6,9H2,2H3. The highest BCUT2D eigenvalue weighted by Crippen LogP contribution is 2.20. The summed E-state index contributed by atoms with van der Waals surface area (Å²) in [6, 6.07) is 8.56. The van der Waals surface area contributed by atoms with E-state index < -0.39 is 0 Å². The van der Waals surface area contributed by atoms with E-state index in [-0.39, 0.29) is 6.04 Å². The van der Waals surface area contributed by atoms with E-state index in [1.165, 1.54) is 5.56 Å². The average molecular weight is 266 g/mol. The van der Waals surface area contributed by atoms with Crippen LogP contribution in [0.5, 0.6) is 0 Å². The summed E-state index contributed by atoms with van der Waals surface area (Å²) in [5.41, 5.74) is 1.25. The largest absolute Gasteiger partial charge is 0.309 e. The van der Waals surface area contributed by atoms with E-state index in [2.05, 4.69) is 46.2 Å². The van der Waals surface area contributed by atoms with Crippen LogP contribution in [0.1, 0.15) is 31.4 Å². The SMILES string of the molecule is C#CCC(NCCC)c1cccc(Br)c1. The van der Waals surface area contributed by atoms with Crippen LogP contribution in [0.4, 0.5) is 0 Å². The molecule has 1 unspecified atom stereocenters. The molecular formula is C13H16BrN. The summed E-state index contributed by atoms with van der Waals surface area (Å²) in [6.07, 6.45) is 7.23. The van der Waals surface area contributed by atoms with E-state index in [4.69, 9.17) is 6.42 Å². The lowest BCUT2D eigenvalue weighted by atomic mass is 10.0. The van der Waals surface area contributed by atoms with Gasteiger partial charge < -0.3 is 5.32 Å². The Morgan fingerprint density at radius 3 is 2.93 bits per heavy atom. The minimum atomic E-state index is 0.271. The maximum Gasteiger partial charge on any atom is 0.0431 e. The van der Waals surface area contributed by atoms with Gasteiger partial charge >= 0.3 is 0 Å². The van der Waals surface area contributed by atoms with Crippen molar-refractivity contribution in [2.24, 2.45) is 0 Å². The van der Waals surface area contributed by atoms with Crippen molar-refractivity contribution in [3.63, 3.8) is 0 Å². The summed E-state index contributed by atoms with van der Waals surface area (Å²) in [5.74, 6) is 2.72. The van der Waals surface area contributed by atoms with Crippen LogP contribution in [0.3, 0.4) is 0 Å². The Hall–Kier alpha value is -0.780. The third kappa shape index (κ3) is 4.07. The second-order valence-electron chi connectivity index (χ2n) is 3.47. The summed E-state index contributed by atoms with van der Waals surface area (Å²) in [4.78, 5) is 0. The Morgan fingerprint density at radius 1 is 1.53 bits per heavy atom. The van der Waals surface area contributed by atoms with Gasteiger partial charge in [-0.1, -0.05) is 35.0 Å². The Labute approximate surface area is 100 Å². The van der Waals surface area contributed by atoms with Gasteiger partial charge in [0.05, 0.1) is 0 Å². The van der Waals surface area contributed by atoms with Gasteiger partial charge in [0, 0.05) is 16.9 Å². The molecule has 0 amide bonds. The maximum absolute atomic E-state index is 5.37. The van der Waals surface area contributed by atoms with Gasteiger partial charge in [0.25, 0.3) is 0 Å². The fourth-order valence-corrected chi connectivity index (χ4v) is 1.88. The molecule has 1 aromatic rings. The average Bonchev–Trinajstić information content (AvgIpc) is 2.24. The van der Waals surface area contributed by atoms with Crippen molar-refractivity contribution in [2.75, 3.05) is 6.54 Å². The number of benzene rings is 1. The molecule has 1 aromatic carbocycles. The molecule has 0 aromatic heterocycles. The molecule has 0 heterocycles. The highest BCUT2D eigenvalue weighted by atomic mass is 79.9. The summed E-state index contributed by atoms with van der Waals surface area (Å²) in [5, 5.41) is 3.45. The summed E-state index contributed by atoms with van der Waals surface area (Å²) < 4.78 is 1.10. The number of hydrogen-bond donors (Lipinski definition) is 1. The Balaban J connectivity index is 2.75. The second-order valence-corrected chi connectivity index (χ2v) is 4.39. The molecule has 0 fully saturated rings. The number of hydrogen-bond acceptors (Lipinski definition) is 1. The molecule has 1 atom stereocenters. The normalized spacial score (nSPS) is 12.1. The maximum atomic E-state index is 5.37. The molecule has 2 heteroatoms. The van der Waals surface area contributed by atoms with E-state index in [9.17, 15) is 0 Å². The zero-order valence-corrected chi connectivity index (χ0v) is 10.5. The number of terminal acetylenes is 1. The van der Waals surface area contributed by atoms with Gasteiger partial charge in [0.2, 0.25) is 0 Å². The smallest absolute Gasteiger partial charge is 0.0431 e. The van der Waals surface area contributed by atoms with Gasteiger partial charge in [0.1, 0.15) is 0 Å². The topological polar surface area (TPSA) is 12.0 Å². The van der Waals surface area contributed by atoms with Crippen molar-refractivity contribution in [1.29, 1.82) is 0 Å². The van der Waals surface area contributed by atoms with E-state index >= 15 is 0 Å². The molecule has 0 aliphatic carbocycles. The van der Waals surface area contributed by atoms with Crippen molar-refractivity contribution >= 4 is 15.9 Å². The van der Waals surface area contributed by atoms with Gasteiger partial charge in [-0.3, -0.25) is 0 Å². The molecule has 80 valence electrons. The van der Waals surface area contributed by atoms with Gasteiger partial charge in [-0.2, -0.15) is 0 Å². The number of rotatable bonds is 5. The van der Waals surface area contributed by atoms with Crippen LogP contribution in [0.25, 0.3) is 0 Å². The van der Waals surface area contributed by atoms with Crippen molar-refractivity contribution in [1.82, 2.24) is 5.32 Å². The molecular weight excluding hydrogens is 250 g/mol. The first-order chi connectivity index (χ1) is 7.27. The van der Waals surface area contributed by atoms with E-state index in [1.54, 1.807) is 0 Å². The molecule has 0 radical (unpaired) electrons. The second kappa shape index (κ2) is 6.66. The predicted octanol–water partition coefficient (Wildman–Crippen LogP) is 3.51.